The summed E-state index contributed by atoms with van der Waals surface area (Å²) in [6.07, 6.45) is 0. The molecule has 2 nitrogen and oxygen atoms in total. The fourth-order valence-corrected chi connectivity index (χ4v) is 1.35. The van der Waals surface area contributed by atoms with Crippen LogP contribution >= 0.6 is 27.5 Å². The first-order valence-electron chi connectivity index (χ1n) is 3.00. The van der Waals surface area contributed by atoms with Gasteiger partial charge < -0.3 is 10.8 Å². The lowest BCUT2D eigenvalue weighted by Crippen LogP contribution is -1.91. The van der Waals surface area contributed by atoms with E-state index in [1.807, 2.05) is 0 Å². The molecule has 0 spiro atoms. The van der Waals surface area contributed by atoms with Crippen LogP contribution in [0, 0.1) is 0 Å². The molecule has 0 aliphatic heterocycles. The van der Waals surface area contributed by atoms with Gasteiger partial charge in [-0.3, -0.25) is 0 Å². The molecule has 60 valence electrons. The van der Waals surface area contributed by atoms with Crippen LogP contribution in [0.3, 0.4) is 0 Å². The maximum absolute atomic E-state index is 8.79. The number of benzene rings is 1. The van der Waals surface area contributed by atoms with Crippen molar-refractivity contribution in [1.29, 1.82) is 0 Å². The van der Waals surface area contributed by atoms with Gasteiger partial charge in [-0.15, -0.1) is 0 Å². The molecule has 0 bridgehead atoms. The van der Waals surface area contributed by atoms with Gasteiger partial charge in [-0.05, 0) is 27.6 Å². The Morgan fingerprint density at radius 2 is 2.18 bits per heavy atom. The van der Waals surface area contributed by atoms with Gasteiger partial charge in [0.2, 0.25) is 0 Å². The normalized spacial score (nSPS) is 10.1. The van der Waals surface area contributed by atoms with E-state index in [4.69, 9.17) is 22.4 Å². The van der Waals surface area contributed by atoms with Gasteiger partial charge in [-0.1, -0.05) is 17.7 Å². The molecule has 0 aliphatic rings. The molecular weight excluding hydrogens is 229 g/mol. The number of halogens is 2. The van der Waals surface area contributed by atoms with Gasteiger partial charge in [0.15, 0.2) is 0 Å². The minimum Gasteiger partial charge on any atom is -0.398 e. The van der Waals surface area contributed by atoms with Crippen molar-refractivity contribution < 1.29 is 5.11 Å². The van der Waals surface area contributed by atoms with E-state index in [0.717, 1.165) is 0 Å². The van der Waals surface area contributed by atoms with E-state index < -0.39 is 0 Å². The van der Waals surface area contributed by atoms with Crippen molar-refractivity contribution in [2.24, 2.45) is 0 Å². The lowest BCUT2D eigenvalue weighted by atomic mass is 10.2. The second-order valence-corrected chi connectivity index (χ2v) is 3.27. The first-order chi connectivity index (χ1) is 5.16. The predicted molar refractivity (Wildman–Crippen MR) is 49.5 cm³/mol. The Kier molecular flexibility index (Phi) is 2.76. The van der Waals surface area contributed by atoms with E-state index in [1.54, 1.807) is 12.1 Å². The van der Waals surface area contributed by atoms with E-state index in [2.05, 4.69) is 15.9 Å². The highest BCUT2D eigenvalue weighted by Gasteiger charge is 2.05. The molecule has 0 saturated carbocycles. The lowest BCUT2D eigenvalue weighted by molar-refractivity contribution is 0.282. The Labute approximate surface area is 78.1 Å². The Balaban J connectivity index is 3.25. The summed E-state index contributed by atoms with van der Waals surface area (Å²) in [7, 11) is 0. The van der Waals surface area contributed by atoms with Crippen LogP contribution in [0.1, 0.15) is 5.56 Å². The minimum atomic E-state index is -0.0717. The molecule has 0 aliphatic carbocycles. The standard InChI is InChI=1S/C7H7BrClNO/c8-6-5(10)2-1-4(3-11)7(6)9/h1-2,11H,3,10H2. The van der Waals surface area contributed by atoms with E-state index >= 15 is 0 Å². The number of anilines is 1. The van der Waals surface area contributed by atoms with Crippen LogP contribution in [0.25, 0.3) is 0 Å². The Morgan fingerprint density at radius 3 is 2.73 bits per heavy atom. The number of rotatable bonds is 1. The molecule has 3 N–H and O–H groups in total. The third kappa shape index (κ3) is 1.67. The highest BCUT2D eigenvalue weighted by Crippen LogP contribution is 2.31. The third-order valence-corrected chi connectivity index (χ3v) is 2.88. The lowest BCUT2D eigenvalue weighted by Gasteiger charge is -2.04. The molecule has 0 heterocycles. The number of hydrogen-bond acceptors (Lipinski definition) is 2. The van der Waals surface area contributed by atoms with Gasteiger partial charge in [0.05, 0.1) is 16.1 Å². The molecule has 1 aromatic carbocycles. The molecule has 0 aromatic heterocycles. The van der Waals surface area contributed by atoms with Gasteiger partial charge in [0, 0.05) is 5.69 Å². The van der Waals surface area contributed by atoms with Crippen LogP contribution < -0.4 is 5.73 Å². The molecule has 0 saturated heterocycles. The van der Waals surface area contributed by atoms with Crippen molar-refractivity contribution in [1.82, 2.24) is 0 Å². The number of aliphatic hydroxyl groups is 1. The van der Waals surface area contributed by atoms with E-state index in [-0.39, 0.29) is 6.61 Å². The zero-order chi connectivity index (χ0) is 8.43. The molecule has 0 radical (unpaired) electrons. The van der Waals surface area contributed by atoms with E-state index in [0.29, 0.717) is 20.7 Å². The largest absolute Gasteiger partial charge is 0.398 e. The van der Waals surface area contributed by atoms with Crippen LogP contribution in [0.2, 0.25) is 5.02 Å². The minimum absolute atomic E-state index is 0.0717. The molecule has 0 fully saturated rings. The molecule has 11 heavy (non-hydrogen) atoms. The first-order valence-corrected chi connectivity index (χ1v) is 4.17. The fourth-order valence-electron chi connectivity index (χ4n) is 0.726. The van der Waals surface area contributed by atoms with E-state index in [1.165, 1.54) is 0 Å². The summed E-state index contributed by atoms with van der Waals surface area (Å²) in [5.74, 6) is 0. The molecule has 4 heteroatoms. The van der Waals surface area contributed by atoms with Gasteiger partial charge in [0.1, 0.15) is 0 Å². The molecular formula is C7H7BrClNO. The number of aliphatic hydroxyl groups excluding tert-OH is 1. The maximum atomic E-state index is 8.79. The average Bonchev–Trinajstić information content (AvgIpc) is 2.01. The van der Waals surface area contributed by atoms with Crippen LogP contribution in [-0.4, -0.2) is 5.11 Å². The van der Waals surface area contributed by atoms with E-state index in [9.17, 15) is 0 Å². The summed E-state index contributed by atoms with van der Waals surface area (Å²) in [6.45, 7) is -0.0717. The summed E-state index contributed by atoms with van der Waals surface area (Å²) in [5, 5.41) is 9.27. The molecule has 0 atom stereocenters. The monoisotopic (exact) mass is 235 g/mol. The quantitative estimate of drug-likeness (QED) is 0.734. The summed E-state index contributed by atoms with van der Waals surface area (Å²) < 4.78 is 0.644. The molecule has 1 rings (SSSR count). The third-order valence-electron chi connectivity index (χ3n) is 1.36. The highest BCUT2D eigenvalue weighted by molar-refractivity contribution is 9.10. The zero-order valence-corrected chi connectivity index (χ0v) is 7.98. The van der Waals surface area contributed by atoms with Crippen LogP contribution in [-0.2, 0) is 6.61 Å². The topological polar surface area (TPSA) is 46.2 Å². The van der Waals surface area contributed by atoms with Crippen molar-refractivity contribution in [2.75, 3.05) is 5.73 Å². The summed E-state index contributed by atoms with van der Waals surface area (Å²) in [6, 6.07) is 3.39. The summed E-state index contributed by atoms with van der Waals surface area (Å²) >= 11 is 9.01. The number of nitrogens with two attached hydrogens (primary N) is 1. The Hall–Kier alpha value is -0.250. The smallest absolute Gasteiger partial charge is 0.0696 e. The number of hydrogen-bond donors (Lipinski definition) is 2. The second kappa shape index (κ2) is 3.43. The van der Waals surface area contributed by atoms with Gasteiger partial charge in [0.25, 0.3) is 0 Å². The van der Waals surface area contributed by atoms with Gasteiger partial charge in [-0.2, -0.15) is 0 Å². The fraction of sp³-hybridized carbons (Fsp3) is 0.143. The van der Waals surface area contributed by atoms with Crippen molar-refractivity contribution in [3.8, 4) is 0 Å². The Morgan fingerprint density at radius 1 is 1.55 bits per heavy atom. The zero-order valence-electron chi connectivity index (χ0n) is 5.64. The first kappa shape index (κ1) is 8.84. The Bertz CT molecular complexity index is 277. The van der Waals surface area contributed by atoms with Crippen LogP contribution in [0.5, 0.6) is 0 Å². The van der Waals surface area contributed by atoms with Gasteiger partial charge >= 0.3 is 0 Å². The summed E-state index contributed by atoms with van der Waals surface area (Å²) in [4.78, 5) is 0. The molecule has 0 unspecified atom stereocenters. The molecule has 1 aromatic rings. The highest BCUT2D eigenvalue weighted by atomic mass is 79.9. The van der Waals surface area contributed by atoms with Crippen molar-refractivity contribution >= 4 is 33.2 Å². The molecule has 0 amide bonds. The van der Waals surface area contributed by atoms with Gasteiger partial charge in [-0.25, -0.2) is 0 Å². The summed E-state index contributed by atoms with van der Waals surface area (Å²) in [5.41, 5.74) is 6.78. The predicted octanol–water partition coefficient (Wildman–Crippen LogP) is 2.18. The second-order valence-electron chi connectivity index (χ2n) is 2.10. The number of nitrogen functional groups attached to an aromatic ring is 1. The van der Waals surface area contributed by atoms with Crippen molar-refractivity contribution in [3.05, 3.63) is 27.2 Å². The van der Waals surface area contributed by atoms with Crippen molar-refractivity contribution in [2.45, 2.75) is 6.61 Å². The van der Waals surface area contributed by atoms with Crippen molar-refractivity contribution in [3.63, 3.8) is 0 Å². The maximum Gasteiger partial charge on any atom is 0.0696 e. The average molecular weight is 236 g/mol. The van der Waals surface area contributed by atoms with Crippen LogP contribution in [0.4, 0.5) is 5.69 Å². The van der Waals surface area contributed by atoms with Crippen LogP contribution in [0.15, 0.2) is 16.6 Å². The SMILES string of the molecule is Nc1ccc(CO)c(Cl)c1Br.